The first-order valence-corrected chi connectivity index (χ1v) is 8.89. The van der Waals surface area contributed by atoms with Gasteiger partial charge in [0, 0.05) is 6.42 Å². The zero-order valence-electron chi connectivity index (χ0n) is 15.3. The Kier molecular flexibility index (Phi) is 7.25. The van der Waals surface area contributed by atoms with E-state index < -0.39 is 5.97 Å². The van der Waals surface area contributed by atoms with Crippen molar-refractivity contribution in [1.29, 1.82) is 0 Å². The van der Waals surface area contributed by atoms with Gasteiger partial charge in [0.1, 0.15) is 5.75 Å². The molecule has 1 saturated heterocycles. The van der Waals surface area contributed by atoms with Gasteiger partial charge < -0.3 is 20.1 Å². The quantitative estimate of drug-likeness (QED) is 0.741. The van der Waals surface area contributed by atoms with Crippen LogP contribution in [0.4, 0.5) is 5.69 Å². The van der Waals surface area contributed by atoms with E-state index in [1.807, 2.05) is 13.8 Å². The standard InChI is InChI=1S/C19H28N2O4/c1-13(2)25-17-6-5-15(19(23)24-3)12-16(17)21-18(22)7-4-14-8-10-20-11-9-14/h5-6,12-14,20H,4,7-11H2,1-3H3,(H,21,22). The summed E-state index contributed by atoms with van der Waals surface area (Å²) in [7, 11) is 1.33. The fourth-order valence-electron chi connectivity index (χ4n) is 2.95. The predicted molar refractivity (Wildman–Crippen MR) is 97.0 cm³/mol. The number of rotatable bonds is 7. The summed E-state index contributed by atoms with van der Waals surface area (Å²) >= 11 is 0. The van der Waals surface area contributed by atoms with E-state index in [-0.39, 0.29) is 12.0 Å². The summed E-state index contributed by atoms with van der Waals surface area (Å²) in [5.74, 6) is 0.646. The third-order valence-corrected chi connectivity index (χ3v) is 4.28. The Labute approximate surface area is 149 Å². The lowest BCUT2D eigenvalue weighted by Crippen LogP contribution is -2.28. The maximum absolute atomic E-state index is 12.3. The highest BCUT2D eigenvalue weighted by Gasteiger charge is 2.17. The largest absolute Gasteiger partial charge is 0.489 e. The molecule has 0 aromatic heterocycles. The van der Waals surface area contributed by atoms with Crippen molar-refractivity contribution in [1.82, 2.24) is 5.32 Å². The van der Waals surface area contributed by atoms with Crippen LogP contribution in [-0.4, -0.2) is 38.2 Å². The molecular formula is C19H28N2O4. The van der Waals surface area contributed by atoms with Crippen molar-refractivity contribution >= 4 is 17.6 Å². The number of methoxy groups -OCH3 is 1. The highest BCUT2D eigenvalue weighted by Crippen LogP contribution is 2.28. The van der Waals surface area contributed by atoms with Crippen molar-refractivity contribution in [3.05, 3.63) is 23.8 Å². The monoisotopic (exact) mass is 348 g/mol. The first kappa shape index (κ1) is 19.2. The SMILES string of the molecule is COC(=O)c1ccc(OC(C)C)c(NC(=O)CCC2CCNCC2)c1. The average Bonchev–Trinajstić information content (AvgIpc) is 2.61. The number of ether oxygens (including phenoxy) is 2. The van der Waals surface area contributed by atoms with Crippen LogP contribution in [0.1, 0.15) is 49.9 Å². The number of anilines is 1. The normalized spacial score (nSPS) is 15.0. The molecule has 0 spiro atoms. The molecule has 2 N–H and O–H groups in total. The number of hydrogen-bond acceptors (Lipinski definition) is 5. The highest BCUT2D eigenvalue weighted by molar-refractivity contribution is 5.96. The third kappa shape index (κ3) is 6.05. The smallest absolute Gasteiger partial charge is 0.337 e. The summed E-state index contributed by atoms with van der Waals surface area (Å²) in [4.78, 5) is 24.1. The first-order valence-electron chi connectivity index (χ1n) is 8.89. The Bertz CT molecular complexity index is 595. The van der Waals surface area contributed by atoms with E-state index in [1.165, 1.54) is 7.11 Å². The van der Waals surface area contributed by atoms with Gasteiger partial charge in [0.15, 0.2) is 0 Å². The number of hydrogen-bond donors (Lipinski definition) is 2. The number of carbonyl (C=O) groups excluding carboxylic acids is 2. The van der Waals surface area contributed by atoms with Gasteiger partial charge >= 0.3 is 5.97 Å². The molecule has 6 heteroatoms. The molecule has 2 rings (SSSR count). The predicted octanol–water partition coefficient (Wildman–Crippen LogP) is 2.98. The second-order valence-corrected chi connectivity index (χ2v) is 6.65. The van der Waals surface area contributed by atoms with E-state index in [9.17, 15) is 9.59 Å². The lowest BCUT2D eigenvalue weighted by Gasteiger charge is -2.22. The molecule has 1 aromatic carbocycles. The second-order valence-electron chi connectivity index (χ2n) is 6.65. The van der Waals surface area contributed by atoms with Crippen LogP contribution < -0.4 is 15.4 Å². The van der Waals surface area contributed by atoms with Gasteiger partial charge in [-0.1, -0.05) is 0 Å². The minimum absolute atomic E-state index is 0.0330. The van der Waals surface area contributed by atoms with Gasteiger partial charge in [-0.25, -0.2) is 4.79 Å². The molecule has 0 saturated carbocycles. The summed E-state index contributed by atoms with van der Waals surface area (Å²) < 4.78 is 10.5. The van der Waals surface area contributed by atoms with Gasteiger partial charge in [-0.05, 0) is 70.3 Å². The Balaban J connectivity index is 2.03. The minimum atomic E-state index is -0.443. The van der Waals surface area contributed by atoms with Gasteiger partial charge in [0.05, 0.1) is 24.5 Å². The second kappa shape index (κ2) is 9.42. The van der Waals surface area contributed by atoms with Crippen LogP contribution in [0.25, 0.3) is 0 Å². The molecule has 25 heavy (non-hydrogen) atoms. The van der Waals surface area contributed by atoms with Crippen molar-refractivity contribution in [2.45, 2.75) is 45.6 Å². The highest BCUT2D eigenvalue weighted by atomic mass is 16.5. The summed E-state index contributed by atoms with van der Waals surface area (Å²) in [5.41, 5.74) is 0.888. The molecule has 6 nitrogen and oxygen atoms in total. The fourth-order valence-corrected chi connectivity index (χ4v) is 2.95. The molecule has 1 aromatic rings. The molecule has 0 radical (unpaired) electrons. The van der Waals surface area contributed by atoms with Crippen LogP contribution in [0.3, 0.4) is 0 Å². The van der Waals surface area contributed by atoms with Crippen molar-refractivity contribution in [2.24, 2.45) is 5.92 Å². The Morgan fingerprint density at radius 3 is 2.64 bits per heavy atom. The topological polar surface area (TPSA) is 76.7 Å². The molecular weight excluding hydrogens is 320 g/mol. The minimum Gasteiger partial charge on any atom is -0.489 e. The van der Waals surface area contributed by atoms with Crippen LogP contribution >= 0.6 is 0 Å². The van der Waals surface area contributed by atoms with E-state index in [2.05, 4.69) is 10.6 Å². The van der Waals surface area contributed by atoms with Gasteiger partial charge in [0.2, 0.25) is 5.91 Å². The molecule has 0 bridgehead atoms. The molecule has 138 valence electrons. The van der Waals surface area contributed by atoms with E-state index in [0.717, 1.165) is 32.4 Å². The summed E-state index contributed by atoms with van der Waals surface area (Å²) in [6.07, 6.45) is 3.55. The lowest BCUT2D eigenvalue weighted by atomic mass is 9.93. The number of esters is 1. The van der Waals surface area contributed by atoms with Crippen LogP contribution in [0.15, 0.2) is 18.2 Å². The van der Waals surface area contributed by atoms with Crippen molar-refractivity contribution < 1.29 is 19.1 Å². The van der Waals surface area contributed by atoms with E-state index in [4.69, 9.17) is 9.47 Å². The van der Waals surface area contributed by atoms with Gasteiger partial charge in [-0.2, -0.15) is 0 Å². The average molecular weight is 348 g/mol. The zero-order valence-corrected chi connectivity index (χ0v) is 15.3. The lowest BCUT2D eigenvalue weighted by molar-refractivity contribution is -0.116. The molecule has 1 amide bonds. The number of piperidine rings is 1. The first-order chi connectivity index (χ1) is 12.0. The summed E-state index contributed by atoms with van der Waals surface area (Å²) in [6.45, 7) is 5.88. The van der Waals surface area contributed by atoms with Crippen molar-refractivity contribution in [3.8, 4) is 5.75 Å². The molecule has 1 fully saturated rings. The van der Waals surface area contributed by atoms with Gasteiger partial charge in [0.25, 0.3) is 0 Å². The van der Waals surface area contributed by atoms with Crippen LogP contribution in [0, 0.1) is 5.92 Å². The van der Waals surface area contributed by atoms with Crippen molar-refractivity contribution in [2.75, 3.05) is 25.5 Å². The molecule has 1 aliphatic rings. The van der Waals surface area contributed by atoms with Crippen molar-refractivity contribution in [3.63, 3.8) is 0 Å². The van der Waals surface area contributed by atoms with Crippen LogP contribution in [-0.2, 0) is 9.53 Å². The van der Waals surface area contributed by atoms with Crippen LogP contribution in [0.2, 0.25) is 0 Å². The van der Waals surface area contributed by atoms with E-state index in [1.54, 1.807) is 18.2 Å². The molecule has 0 atom stereocenters. The molecule has 0 unspecified atom stereocenters. The molecule has 1 heterocycles. The van der Waals surface area contributed by atoms with Crippen LogP contribution in [0.5, 0.6) is 5.75 Å². The maximum Gasteiger partial charge on any atom is 0.337 e. The molecule has 1 aliphatic heterocycles. The number of benzene rings is 1. The van der Waals surface area contributed by atoms with E-state index >= 15 is 0 Å². The Hall–Kier alpha value is -2.08. The van der Waals surface area contributed by atoms with Gasteiger partial charge in [-0.3, -0.25) is 4.79 Å². The number of carbonyl (C=O) groups is 2. The third-order valence-electron chi connectivity index (χ3n) is 4.28. The Morgan fingerprint density at radius 1 is 1.28 bits per heavy atom. The zero-order chi connectivity index (χ0) is 18.2. The van der Waals surface area contributed by atoms with E-state index in [0.29, 0.717) is 29.3 Å². The Morgan fingerprint density at radius 2 is 2.00 bits per heavy atom. The number of nitrogens with one attached hydrogen (secondary N) is 2. The summed E-state index contributed by atoms with van der Waals surface area (Å²) in [5, 5.41) is 6.22. The molecule has 0 aliphatic carbocycles. The summed E-state index contributed by atoms with van der Waals surface area (Å²) in [6, 6.07) is 4.93. The van der Waals surface area contributed by atoms with Gasteiger partial charge in [-0.15, -0.1) is 0 Å². The fraction of sp³-hybridized carbons (Fsp3) is 0.579. The maximum atomic E-state index is 12.3. The number of amides is 1.